The van der Waals surface area contributed by atoms with E-state index in [9.17, 15) is 4.79 Å². The van der Waals surface area contributed by atoms with Gasteiger partial charge in [0.25, 0.3) is 0 Å². The van der Waals surface area contributed by atoms with E-state index in [1.54, 1.807) is 35.4 Å². The SMILES string of the molecule is CN1CCN(c2cnc(NCCNc3ccc(N(O)O)c(N)n3)nc2-c2ccc(Cl)cc2Cl)C(=O)C1. The first-order valence-corrected chi connectivity index (χ1v) is 11.7. The summed E-state index contributed by atoms with van der Waals surface area (Å²) in [5.41, 5.74) is 7.40. The summed E-state index contributed by atoms with van der Waals surface area (Å²) < 4.78 is 0. The number of pyridine rings is 1. The van der Waals surface area contributed by atoms with Crippen LogP contribution >= 0.6 is 23.2 Å². The molecule has 1 saturated heterocycles. The Kier molecular flexibility index (Phi) is 7.91. The molecule has 190 valence electrons. The average molecular weight is 534 g/mol. The summed E-state index contributed by atoms with van der Waals surface area (Å²) in [5, 5.41) is 25.2. The molecule has 0 radical (unpaired) electrons. The van der Waals surface area contributed by atoms with Crippen LogP contribution in [0.3, 0.4) is 0 Å². The van der Waals surface area contributed by atoms with Crippen LogP contribution < -0.4 is 26.5 Å². The van der Waals surface area contributed by atoms with Crippen molar-refractivity contribution in [2.24, 2.45) is 0 Å². The fourth-order valence-electron chi connectivity index (χ4n) is 3.68. The molecular formula is C22H25Cl2N9O3. The van der Waals surface area contributed by atoms with Gasteiger partial charge in [-0.3, -0.25) is 20.1 Å². The number of hydrogen-bond donors (Lipinski definition) is 5. The van der Waals surface area contributed by atoms with Crippen LogP contribution in [0, 0.1) is 0 Å². The first-order chi connectivity index (χ1) is 17.2. The highest BCUT2D eigenvalue weighted by Gasteiger charge is 2.27. The lowest BCUT2D eigenvalue weighted by molar-refractivity contribution is -0.120. The zero-order chi connectivity index (χ0) is 25.8. The molecule has 0 atom stereocenters. The van der Waals surface area contributed by atoms with E-state index in [0.29, 0.717) is 64.9 Å². The number of piperazine rings is 1. The third-order valence-corrected chi connectivity index (χ3v) is 6.04. The van der Waals surface area contributed by atoms with Gasteiger partial charge < -0.3 is 21.3 Å². The van der Waals surface area contributed by atoms with Crippen LogP contribution in [0.4, 0.5) is 29.0 Å². The molecule has 6 N–H and O–H groups in total. The Hall–Kier alpha value is -3.42. The van der Waals surface area contributed by atoms with Crippen LogP contribution in [0.1, 0.15) is 0 Å². The maximum absolute atomic E-state index is 12.7. The summed E-state index contributed by atoms with van der Waals surface area (Å²) in [6, 6.07) is 8.09. The minimum absolute atomic E-state index is 0.0283. The van der Waals surface area contributed by atoms with Crippen LogP contribution in [-0.4, -0.2) is 75.9 Å². The second-order valence-electron chi connectivity index (χ2n) is 8.08. The van der Waals surface area contributed by atoms with Crippen molar-refractivity contribution in [1.29, 1.82) is 0 Å². The van der Waals surface area contributed by atoms with Gasteiger partial charge in [0.1, 0.15) is 17.2 Å². The average Bonchev–Trinajstić information content (AvgIpc) is 2.82. The first kappa shape index (κ1) is 25.7. The second kappa shape index (κ2) is 11.1. The number of hydrogen-bond acceptors (Lipinski definition) is 11. The maximum atomic E-state index is 12.7. The van der Waals surface area contributed by atoms with Gasteiger partial charge in [0, 0.05) is 36.8 Å². The molecule has 0 saturated carbocycles. The first-order valence-electron chi connectivity index (χ1n) is 11.0. The van der Waals surface area contributed by atoms with Crippen molar-refractivity contribution in [1.82, 2.24) is 19.9 Å². The number of carbonyl (C=O) groups is 1. The van der Waals surface area contributed by atoms with Crippen molar-refractivity contribution in [3.63, 3.8) is 0 Å². The number of nitrogen functional groups attached to an aromatic ring is 1. The quantitative estimate of drug-likeness (QED) is 0.214. The molecular weight excluding hydrogens is 509 g/mol. The molecule has 0 aliphatic carbocycles. The summed E-state index contributed by atoms with van der Waals surface area (Å²) in [6.07, 6.45) is 1.61. The minimum atomic E-state index is -0.0884. The summed E-state index contributed by atoms with van der Waals surface area (Å²) in [7, 11) is 1.90. The van der Waals surface area contributed by atoms with Gasteiger partial charge in [-0.25, -0.2) is 15.0 Å². The number of likely N-dealkylation sites (N-methyl/N-ethyl adjacent to an activating group) is 1. The highest BCUT2D eigenvalue weighted by atomic mass is 35.5. The highest BCUT2D eigenvalue weighted by Crippen LogP contribution is 2.36. The molecule has 0 spiro atoms. The van der Waals surface area contributed by atoms with Gasteiger partial charge in [0.05, 0.1) is 23.5 Å². The van der Waals surface area contributed by atoms with E-state index < -0.39 is 0 Å². The molecule has 14 heteroatoms. The molecule has 0 bridgehead atoms. The summed E-state index contributed by atoms with van der Waals surface area (Å²) in [5.74, 6) is 0.715. The molecule has 3 aromatic rings. The number of halogens is 2. The van der Waals surface area contributed by atoms with E-state index in [0.717, 1.165) is 6.54 Å². The Morgan fingerprint density at radius 1 is 1.11 bits per heavy atom. The van der Waals surface area contributed by atoms with Crippen molar-refractivity contribution < 1.29 is 15.2 Å². The molecule has 36 heavy (non-hydrogen) atoms. The number of amides is 1. The lowest BCUT2D eigenvalue weighted by Gasteiger charge is -2.32. The normalized spacial score (nSPS) is 14.1. The Labute approximate surface area is 217 Å². The van der Waals surface area contributed by atoms with Crippen LogP contribution in [0.15, 0.2) is 36.5 Å². The van der Waals surface area contributed by atoms with E-state index in [1.165, 1.54) is 6.07 Å². The number of nitrogens with two attached hydrogens (primary N) is 1. The van der Waals surface area contributed by atoms with Gasteiger partial charge in [0.15, 0.2) is 5.82 Å². The van der Waals surface area contributed by atoms with Gasteiger partial charge in [-0.15, -0.1) is 5.23 Å². The molecule has 4 rings (SSSR count). The lowest BCUT2D eigenvalue weighted by Crippen LogP contribution is -2.49. The number of aromatic nitrogens is 3. The van der Waals surface area contributed by atoms with E-state index in [2.05, 4.69) is 25.6 Å². The third-order valence-electron chi connectivity index (χ3n) is 5.49. The van der Waals surface area contributed by atoms with Crippen molar-refractivity contribution in [2.45, 2.75) is 0 Å². The summed E-state index contributed by atoms with van der Waals surface area (Å²) in [6.45, 7) is 2.39. The monoisotopic (exact) mass is 533 g/mol. The zero-order valence-corrected chi connectivity index (χ0v) is 20.8. The number of nitrogens with zero attached hydrogens (tertiary/aromatic N) is 6. The van der Waals surface area contributed by atoms with Gasteiger partial charge in [-0.2, -0.15) is 0 Å². The molecule has 1 amide bonds. The fourth-order valence-corrected chi connectivity index (χ4v) is 4.18. The van der Waals surface area contributed by atoms with Crippen molar-refractivity contribution in [3.05, 3.63) is 46.6 Å². The van der Waals surface area contributed by atoms with Crippen LogP contribution in [-0.2, 0) is 4.79 Å². The smallest absolute Gasteiger partial charge is 0.241 e. The highest BCUT2D eigenvalue weighted by molar-refractivity contribution is 6.36. The number of rotatable bonds is 8. The number of anilines is 5. The van der Waals surface area contributed by atoms with Gasteiger partial charge in [-0.1, -0.05) is 23.2 Å². The molecule has 3 heterocycles. The molecule has 1 aliphatic heterocycles. The third kappa shape index (κ3) is 5.86. The van der Waals surface area contributed by atoms with Crippen molar-refractivity contribution in [2.75, 3.05) is 66.3 Å². The summed E-state index contributed by atoms with van der Waals surface area (Å²) >= 11 is 12.6. The fraction of sp³-hybridized carbons (Fsp3) is 0.273. The number of benzene rings is 1. The molecule has 1 aromatic carbocycles. The maximum Gasteiger partial charge on any atom is 0.241 e. The topological polar surface area (TPSA) is 156 Å². The van der Waals surface area contributed by atoms with E-state index in [1.807, 2.05) is 11.9 Å². The van der Waals surface area contributed by atoms with Crippen LogP contribution in [0.2, 0.25) is 10.0 Å². The van der Waals surface area contributed by atoms with Gasteiger partial charge in [0.2, 0.25) is 11.9 Å². The number of carbonyl (C=O) groups excluding carboxylic acids is 1. The number of nitrogens with one attached hydrogen (secondary N) is 2. The molecule has 1 fully saturated rings. The molecule has 1 aliphatic rings. The van der Waals surface area contributed by atoms with Gasteiger partial charge in [-0.05, 0) is 37.4 Å². The van der Waals surface area contributed by atoms with E-state index in [4.69, 9.17) is 39.4 Å². The Bertz CT molecular complexity index is 1260. The standard InChI is InChI=1S/C22H25Cl2N9O3/c1-31-8-9-32(19(34)12-31)17-11-28-22(30-20(17)14-3-2-13(23)10-15(14)24)27-7-6-26-18-5-4-16(33(35)36)21(25)29-18/h2-5,10-11,35-36H,6-9,12H2,1H3,(H3,25,26,29)(H,27,28,30). The van der Waals surface area contributed by atoms with Crippen molar-refractivity contribution >= 4 is 58.1 Å². The Morgan fingerprint density at radius 3 is 2.58 bits per heavy atom. The van der Waals surface area contributed by atoms with E-state index >= 15 is 0 Å². The predicted octanol–water partition coefficient (Wildman–Crippen LogP) is 2.81. The largest absolute Gasteiger partial charge is 0.382 e. The molecule has 0 unspecified atom stereocenters. The van der Waals surface area contributed by atoms with Gasteiger partial charge >= 0.3 is 0 Å². The Morgan fingerprint density at radius 2 is 1.89 bits per heavy atom. The second-order valence-corrected chi connectivity index (χ2v) is 8.92. The molecule has 2 aromatic heterocycles. The zero-order valence-electron chi connectivity index (χ0n) is 19.3. The van der Waals surface area contributed by atoms with Crippen LogP contribution in [0.25, 0.3) is 11.3 Å². The minimum Gasteiger partial charge on any atom is -0.382 e. The van der Waals surface area contributed by atoms with E-state index in [-0.39, 0.29) is 22.6 Å². The predicted molar refractivity (Wildman–Crippen MR) is 139 cm³/mol. The lowest BCUT2D eigenvalue weighted by atomic mass is 10.1. The summed E-state index contributed by atoms with van der Waals surface area (Å²) in [4.78, 5) is 29.5. The Balaban J connectivity index is 1.51. The molecule has 12 nitrogen and oxygen atoms in total. The van der Waals surface area contributed by atoms with Crippen molar-refractivity contribution in [3.8, 4) is 11.3 Å². The van der Waals surface area contributed by atoms with Crippen LogP contribution in [0.5, 0.6) is 0 Å².